The Labute approximate surface area is 176 Å². The van der Waals surface area contributed by atoms with Gasteiger partial charge in [0.2, 0.25) is 0 Å². The van der Waals surface area contributed by atoms with E-state index in [9.17, 15) is 0 Å². The summed E-state index contributed by atoms with van der Waals surface area (Å²) in [5.74, 6) is 2.41. The van der Waals surface area contributed by atoms with Crippen LogP contribution < -0.4 is 5.32 Å². The molecule has 3 saturated heterocycles. The number of hydrogen-bond acceptors (Lipinski definition) is 4. The fourth-order valence-corrected chi connectivity index (χ4v) is 7.26. The Bertz CT molecular complexity index is 517. The summed E-state index contributed by atoms with van der Waals surface area (Å²) >= 11 is 2.24. The molecule has 4 fully saturated rings. The average Bonchev–Trinajstić information content (AvgIpc) is 3.28. The highest BCUT2D eigenvalue weighted by atomic mass is 32.2. The minimum Gasteiger partial charge on any atom is -0.381 e. The van der Waals surface area contributed by atoms with Crippen molar-refractivity contribution in [3.8, 4) is 0 Å². The van der Waals surface area contributed by atoms with Gasteiger partial charge in [-0.25, -0.2) is 0 Å². The summed E-state index contributed by atoms with van der Waals surface area (Å²) in [6, 6.07) is 0. The van der Waals surface area contributed by atoms with Crippen molar-refractivity contribution in [1.29, 1.82) is 0 Å². The SMILES string of the molecule is CCNC(=NCC1(N2CCCC2)CCOCC1)N1CCSC2(CCCCC2)C1. The lowest BCUT2D eigenvalue weighted by Crippen LogP contribution is -2.56. The van der Waals surface area contributed by atoms with Gasteiger partial charge in [0.15, 0.2) is 5.96 Å². The first-order valence-corrected chi connectivity index (χ1v) is 12.7. The maximum atomic E-state index is 5.73. The Morgan fingerprint density at radius 1 is 1.00 bits per heavy atom. The second kappa shape index (κ2) is 9.57. The monoisotopic (exact) mass is 408 g/mol. The van der Waals surface area contributed by atoms with Crippen LogP contribution in [-0.2, 0) is 4.74 Å². The molecule has 1 saturated carbocycles. The predicted octanol–water partition coefficient (Wildman–Crippen LogP) is 3.35. The molecule has 4 rings (SSSR count). The molecule has 5 nitrogen and oxygen atoms in total. The summed E-state index contributed by atoms with van der Waals surface area (Å²) in [4.78, 5) is 10.6. The largest absolute Gasteiger partial charge is 0.381 e. The van der Waals surface area contributed by atoms with E-state index in [1.165, 1.54) is 70.3 Å². The number of guanidine groups is 1. The maximum Gasteiger partial charge on any atom is 0.194 e. The molecule has 1 N–H and O–H groups in total. The van der Waals surface area contributed by atoms with Gasteiger partial charge in [-0.15, -0.1) is 0 Å². The molecule has 0 unspecified atom stereocenters. The first-order valence-electron chi connectivity index (χ1n) is 11.8. The predicted molar refractivity (Wildman–Crippen MR) is 119 cm³/mol. The number of hydrogen-bond donors (Lipinski definition) is 1. The molecule has 0 aromatic heterocycles. The van der Waals surface area contributed by atoms with Crippen molar-refractivity contribution in [2.24, 2.45) is 4.99 Å². The van der Waals surface area contributed by atoms with Crippen LogP contribution in [0.2, 0.25) is 0 Å². The standard InChI is InChI=1S/C22H40N4OS/c1-2-23-20(25-14-17-28-22(19-25)8-4-3-5-9-22)24-18-21(10-15-27-16-11-21)26-12-6-7-13-26/h2-19H2,1H3,(H,23,24). The van der Waals surface area contributed by atoms with Crippen LogP contribution in [-0.4, -0.2) is 84.3 Å². The molecule has 0 radical (unpaired) electrons. The molecule has 0 bridgehead atoms. The number of thioether (sulfide) groups is 1. The Hall–Kier alpha value is -0.460. The van der Waals surface area contributed by atoms with Crippen molar-refractivity contribution in [1.82, 2.24) is 15.1 Å². The summed E-state index contributed by atoms with van der Waals surface area (Å²) in [6.45, 7) is 10.7. The molecule has 3 heterocycles. The molecular formula is C22H40N4OS. The van der Waals surface area contributed by atoms with Gasteiger partial charge in [0.1, 0.15) is 0 Å². The van der Waals surface area contributed by atoms with Gasteiger partial charge in [0.05, 0.1) is 6.54 Å². The van der Waals surface area contributed by atoms with E-state index in [1.807, 2.05) is 0 Å². The van der Waals surface area contributed by atoms with Crippen LogP contribution in [0.25, 0.3) is 0 Å². The van der Waals surface area contributed by atoms with Crippen LogP contribution in [0.1, 0.15) is 64.7 Å². The van der Waals surface area contributed by atoms with Crippen molar-refractivity contribution in [3.05, 3.63) is 0 Å². The fraction of sp³-hybridized carbons (Fsp3) is 0.955. The number of likely N-dealkylation sites (tertiary alicyclic amines) is 1. The number of rotatable bonds is 4. The molecule has 160 valence electrons. The van der Waals surface area contributed by atoms with Gasteiger partial charge in [0, 0.05) is 48.9 Å². The lowest BCUT2D eigenvalue weighted by molar-refractivity contribution is -0.0140. The maximum absolute atomic E-state index is 5.73. The van der Waals surface area contributed by atoms with Crippen molar-refractivity contribution < 1.29 is 4.74 Å². The number of ether oxygens (including phenoxy) is 1. The Kier molecular flexibility index (Phi) is 7.11. The van der Waals surface area contributed by atoms with Crippen LogP contribution in [0.15, 0.2) is 4.99 Å². The lowest BCUT2D eigenvalue weighted by atomic mass is 9.87. The van der Waals surface area contributed by atoms with Gasteiger partial charge in [-0.3, -0.25) is 9.89 Å². The van der Waals surface area contributed by atoms with Gasteiger partial charge >= 0.3 is 0 Å². The van der Waals surface area contributed by atoms with E-state index in [4.69, 9.17) is 9.73 Å². The van der Waals surface area contributed by atoms with Crippen molar-refractivity contribution in [2.75, 3.05) is 58.2 Å². The van der Waals surface area contributed by atoms with Gasteiger partial charge in [0.25, 0.3) is 0 Å². The third kappa shape index (κ3) is 4.65. The lowest BCUT2D eigenvalue weighted by Gasteiger charge is -2.46. The van der Waals surface area contributed by atoms with Gasteiger partial charge in [-0.1, -0.05) is 19.3 Å². The van der Waals surface area contributed by atoms with E-state index in [0.29, 0.717) is 4.75 Å². The van der Waals surface area contributed by atoms with Crippen molar-refractivity contribution in [2.45, 2.75) is 75.0 Å². The molecule has 6 heteroatoms. The highest BCUT2D eigenvalue weighted by Crippen LogP contribution is 2.42. The van der Waals surface area contributed by atoms with E-state index in [0.717, 1.165) is 51.6 Å². The average molecular weight is 409 g/mol. The summed E-state index contributed by atoms with van der Waals surface area (Å²) in [5.41, 5.74) is 0.225. The number of nitrogens with zero attached hydrogens (tertiary/aromatic N) is 3. The second-order valence-electron chi connectivity index (χ2n) is 9.21. The quantitative estimate of drug-likeness (QED) is 0.571. The zero-order chi connectivity index (χ0) is 19.3. The minimum atomic E-state index is 0.225. The molecule has 0 aromatic carbocycles. The Morgan fingerprint density at radius 3 is 2.46 bits per heavy atom. The van der Waals surface area contributed by atoms with Crippen LogP contribution in [0.4, 0.5) is 0 Å². The molecular weight excluding hydrogens is 368 g/mol. The molecule has 0 amide bonds. The third-order valence-corrected chi connectivity index (χ3v) is 8.91. The molecule has 0 atom stereocenters. The van der Waals surface area contributed by atoms with E-state index in [1.54, 1.807) is 0 Å². The summed E-state index contributed by atoms with van der Waals surface area (Å²) < 4.78 is 6.21. The second-order valence-corrected chi connectivity index (χ2v) is 10.8. The van der Waals surface area contributed by atoms with Gasteiger partial charge in [-0.05, 0) is 58.5 Å². The fourth-order valence-electron chi connectivity index (χ4n) is 5.69. The van der Waals surface area contributed by atoms with Crippen LogP contribution in [0.3, 0.4) is 0 Å². The van der Waals surface area contributed by atoms with Crippen molar-refractivity contribution >= 4 is 17.7 Å². The number of aliphatic imine (C=N–C) groups is 1. The normalized spacial score (nSPS) is 28.6. The highest BCUT2D eigenvalue weighted by Gasteiger charge is 2.41. The zero-order valence-electron chi connectivity index (χ0n) is 17.9. The molecule has 4 aliphatic rings. The van der Waals surface area contributed by atoms with E-state index in [-0.39, 0.29) is 5.54 Å². The Balaban J connectivity index is 1.48. The summed E-state index contributed by atoms with van der Waals surface area (Å²) in [6.07, 6.45) is 12.0. The van der Waals surface area contributed by atoms with Crippen LogP contribution >= 0.6 is 11.8 Å². The first kappa shape index (κ1) is 20.8. The topological polar surface area (TPSA) is 40.1 Å². The van der Waals surface area contributed by atoms with E-state index in [2.05, 4.69) is 33.8 Å². The van der Waals surface area contributed by atoms with E-state index >= 15 is 0 Å². The highest BCUT2D eigenvalue weighted by molar-refractivity contribution is 8.00. The van der Waals surface area contributed by atoms with Gasteiger partial charge < -0.3 is 15.0 Å². The minimum absolute atomic E-state index is 0.225. The van der Waals surface area contributed by atoms with Crippen LogP contribution in [0, 0.1) is 0 Å². The third-order valence-electron chi connectivity index (χ3n) is 7.37. The smallest absolute Gasteiger partial charge is 0.194 e. The number of nitrogens with one attached hydrogen (secondary N) is 1. The summed E-state index contributed by atoms with van der Waals surface area (Å²) in [5, 5.41) is 3.64. The molecule has 1 aliphatic carbocycles. The molecule has 1 spiro atoms. The first-order chi connectivity index (χ1) is 13.8. The molecule has 28 heavy (non-hydrogen) atoms. The molecule has 0 aromatic rings. The van der Waals surface area contributed by atoms with Gasteiger partial charge in [-0.2, -0.15) is 11.8 Å². The zero-order valence-corrected chi connectivity index (χ0v) is 18.7. The van der Waals surface area contributed by atoms with E-state index < -0.39 is 0 Å². The summed E-state index contributed by atoms with van der Waals surface area (Å²) in [7, 11) is 0. The molecule has 3 aliphatic heterocycles. The van der Waals surface area contributed by atoms with Crippen LogP contribution in [0.5, 0.6) is 0 Å². The van der Waals surface area contributed by atoms with Crippen molar-refractivity contribution in [3.63, 3.8) is 0 Å². The Morgan fingerprint density at radius 2 is 1.75 bits per heavy atom.